The molecule has 2 rings (SSSR count). The van der Waals surface area contributed by atoms with Gasteiger partial charge in [0, 0.05) is 11.4 Å². The Balaban J connectivity index is 0.00000112. The van der Waals surface area contributed by atoms with Crippen LogP contribution in [0.2, 0.25) is 0 Å². The van der Waals surface area contributed by atoms with Gasteiger partial charge in [-0.05, 0) is 12.1 Å². The topological polar surface area (TPSA) is 26.1 Å². The molecule has 0 radical (unpaired) electrons. The summed E-state index contributed by atoms with van der Waals surface area (Å²) in [6.07, 6.45) is 3.47. The number of anilines is 1. The van der Waals surface area contributed by atoms with Crippen molar-refractivity contribution in [3.63, 3.8) is 0 Å². The van der Waals surface area contributed by atoms with E-state index >= 15 is 0 Å². The summed E-state index contributed by atoms with van der Waals surface area (Å²) in [4.78, 5) is 0. The van der Waals surface area contributed by atoms with E-state index in [0.29, 0.717) is 0 Å². The van der Waals surface area contributed by atoms with Crippen molar-refractivity contribution >= 4 is 11.4 Å². The summed E-state index contributed by atoms with van der Waals surface area (Å²) in [6, 6.07) is 7.89. The third-order valence-corrected chi connectivity index (χ3v) is 2.09. The van der Waals surface area contributed by atoms with E-state index in [0.717, 1.165) is 22.8 Å². The second kappa shape index (κ2) is 5.80. The van der Waals surface area contributed by atoms with E-state index in [4.69, 9.17) is 0 Å². The molecule has 1 aromatic rings. The molecule has 0 saturated heterocycles. The molecule has 0 spiro atoms. The quantitative estimate of drug-likeness (QED) is 0.840. The maximum absolute atomic E-state index is 4.44. The maximum Gasteiger partial charge on any atom is 1.00 e. The Morgan fingerprint density at radius 1 is 1.13 bits per heavy atom. The van der Waals surface area contributed by atoms with Crippen molar-refractivity contribution in [1.29, 1.82) is 0 Å². The van der Waals surface area contributed by atoms with Gasteiger partial charge in [0.15, 0.2) is 0 Å². The minimum Gasteiger partial charge on any atom is -0.655 e. The van der Waals surface area contributed by atoms with Crippen molar-refractivity contribution in [2.24, 2.45) is 0 Å². The molecule has 0 unspecified atom stereocenters. The Labute approximate surface area is 139 Å². The van der Waals surface area contributed by atoms with Gasteiger partial charge in [-0.1, -0.05) is 30.9 Å². The first-order chi connectivity index (χ1) is 6.85. The molecule has 1 heterocycles. The van der Waals surface area contributed by atoms with Gasteiger partial charge in [-0.3, -0.25) is 0 Å². The van der Waals surface area contributed by atoms with Crippen LogP contribution < -0.4 is 63.5 Å². The molecular weight excluding hydrogens is 258 g/mol. The van der Waals surface area contributed by atoms with E-state index in [1.165, 1.54) is 0 Å². The molecule has 3 heteroatoms. The van der Waals surface area contributed by atoms with Gasteiger partial charge < -0.3 is 10.6 Å². The average molecular weight is 269 g/mol. The summed E-state index contributed by atoms with van der Waals surface area (Å²) in [5.41, 5.74) is 3.68. The van der Waals surface area contributed by atoms with E-state index in [1.54, 1.807) is 12.2 Å². The van der Waals surface area contributed by atoms with E-state index in [9.17, 15) is 0 Å². The molecular formula is C12H11N2Rb. The fourth-order valence-corrected chi connectivity index (χ4v) is 1.39. The maximum atomic E-state index is 4.44. The molecule has 70 valence electrons. The normalized spacial score (nSPS) is 12.8. The van der Waals surface area contributed by atoms with Crippen molar-refractivity contribution in [2.75, 3.05) is 5.32 Å². The number of para-hydroxylation sites is 2. The molecule has 0 aromatic heterocycles. The van der Waals surface area contributed by atoms with Crippen molar-refractivity contribution in [3.8, 4) is 0 Å². The molecule has 0 fully saturated rings. The Bertz CT molecular complexity index is 382. The third-order valence-electron chi connectivity index (χ3n) is 2.09. The van der Waals surface area contributed by atoms with Gasteiger partial charge in [0.1, 0.15) is 0 Å². The first kappa shape index (κ1) is 12.9. The molecule has 2 nitrogen and oxygen atoms in total. The number of hydrogen-bond donors (Lipinski definition) is 1. The van der Waals surface area contributed by atoms with Crippen LogP contribution in [-0.2, 0) is 0 Å². The molecule has 0 bridgehead atoms. The van der Waals surface area contributed by atoms with Crippen LogP contribution in [0.1, 0.15) is 0 Å². The summed E-state index contributed by atoms with van der Waals surface area (Å²) in [7, 11) is 0. The predicted molar refractivity (Wildman–Crippen MR) is 60.5 cm³/mol. The predicted octanol–water partition coefficient (Wildman–Crippen LogP) is 0.705. The van der Waals surface area contributed by atoms with E-state index in [-0.39, 0.29) is 58.2 Å². The molecule has 0 atom stereocenters. The summed E-state index contributed by atoms with van der Waals surface area (Å²) >= 11 is 0. The Morgan fingerprint density at radius 3 is 2.53 bits per heavy atom. The molecule has 0 saturated carbocycles. The number of fused-ring (bicyclic) bond motifs is 1. The number of benzene rings is 1. The molecule has 1 aliphatic heterocycles. The Hall–Kier alpha value is -0.155. The average Bonchev–Trinajstić information content (AvgIpc) is 2.27. The fourth-order valence-electron chi connectivity index (χ4n) is 1.39. The summed E-state index contributed by atoms with van der Waals surface area (Å²) in [5, 5.41) is 7.69. The van der Waals surface area contributed by atoms with Crippen molar-refractivity contribution in [3.05, 3.63) is 66.3 Å². The molecule has 1 N–H and O–H groups in total. The van der Waals surface area contributed by atoms with Crippen LogP contribution in [0.25, 0.3) is 5.32 Å². The third kappa shape index (κ3) is 2.70. The molecule has 0 aliphatic carbocycles. The van der Waals surface area contributed by atoms with Crippen LogP contribution in [0.4, 0.5) is 11.4 Å². The largest absolute Gasteiger partial charge is 1.00 e. The number of rotatable bonds is 2. The monoisotopic (exact) mass is 268 g/mol. The molecule has 15 heavy (non-hydrogen) atoms. The fraction of sp³-hybridized carbons (Fsp3) is 0. The van der Waals surface area contributed by atoms with Crippen LogP contribution in [0.15, 0.2) is 61.0 Å². The first-order valence-corrected chi connectivity index (χ1v) is 4.42. The van der Waals surface area contributed by atoms with Crippen molar-refractivity contribution in [2.45, 2.75) is 0 Å². The summed E-state index contributed by atoms with van der Waals surface area (Å²) < 4.78 is 0. The second-order valence-corrected chi connectivity index (χ2v) is 2.96. The summed E-state index contributed by atoms with van der Waals surface area (Å²) in [5.74, 6) is 0. The number of nitrogens with zero attached hydrogens (tertiary/aromatic N) is 1. The number of nitrogens with one attached hydrogen (secondary N) is 1. The van der Waals surface area contributed by atoms with Gasteiger partial charge in [0.05, 0.1) is 0 Å². The minimum atomic E-state index is 0. The van der Waals surface area contributed by atoms with Crippen molar-refractivity contribution < 1.29 is 58.2 Å². The number of allylic oxidation sites excluding steroid dienone is 2. The zero-order valence-corrected chi connectivity index (χ0v) is 13.7. The Morgan fingerprint density at radius 2 is 1.87 bits per heavy atom. The zero-order chi connectivity index (χ0) is 9.97. The van der Waals surface area contributed by atoms with E-state index < -0.39 is 0 Å². The SMILES string of the molecule is C=CC1=C(C=C)Nc2ccccc2[N-]1.[Rb+]. The number of hydrogen-bond acceptors (Lipinski definition) is 1. The van der Waals surface area contributed by atoms with Crippen LogP contribution in [0.5, 0.6) is 0 Å². The van der Waals surface area contributed by atoms with Gasteiger partial charge in [0.2, 0.25) is 0 Å². The molecule has 0 amide bonds. The standard InChI is InChI=1S/C12H11N2.Rb/c1-3-9-10(4-2)14-12-8-6-5-7-11(12)13-9;/h3-8,13H,1-2H2;/q-1;+1. The smallest absolute Gasteiger partial charge is 0.655 e. The second-order valence-electron chi connectivity index (χ2n) is 2.96. The van der Waals surface area contributed by atoms with E-state index in [2.05, 4.69) is 23.8 Å². The van der Waals surface area contributed by atoms with Gasteiger partial charge in [0.25, 0.3) is 0 Å². The van der Waals surface area contributed by atoms with E-state index in [1.807, 2.05) is 24.3 Å². The Kier molecular flexibility index (Phi) is 4.99. The minimum absolute atomic E-state index is 0. The van der Waals surface area contributed by atoms with Crippen LogP contribution in [0.3, 0.4) is 0 Å². The summed E-state index contributed by atoms with van der Waals surface area (Å²) in [6.45, 7) is 7.44. The van der Waals surface area contributed by atoms with Crippen LogP contribution >= 0.6 is 0 Å². The van der Waals surface area contributed by atoms with Gasteiger partial charge in [-0.15, -0.1) is 18.0 Å². The molecule has 1 aliphatic rings. The first-order valence-electron chi connectivity index (χ1n) is 4.42. The van der Waals surface area contributed by atoms with Gasteiger partial charge >= 0.3 is 58.2 Å². The van der Waals surface area contributed by atoms with Crippen LogP contribution in [0, 0.1) is 0 Å². The van der Waals surface area contributed by atoms with Gasteiger partial charge in [-0.25, -0.2) is 0 Å². The van der Waals surface area contributed by atoms with Gasteiger partial charge in [-0.2, -0.15) is 0 Å². The molecule has 1 aromatic carbocycles. The van der Waals surface area contributed by atoms with Crippen molar-refractivity contribution in [1.82, 2.24) is 0 Å². The van der Waals surface area contributed by atoms with Crippen LogP contribution in [-0.4, -0.2) is 0 Å². The zero-order valence-electron chi connectivity index (χ0n) is 8.83.